The van der Waals surface area contributed by atoms with Gasteiger partial charge in [0.1, 0.15) is 5.82 Å². The van der Waals surface area contributed by atoms with Crippen molar-refractivity contribution in [3.05, 3.63) is 71.6 Å². The van der Waals surface area contributed by atoms with Crippen LogP contribution in [0.2, 0.25) is 0 Å². The Morgan fingerprint density at radius 1 is 1.12 bits per heavy atom. The van der Waals surface area contributed by atoms with Gasteiger partial charge in [0, 0.05) is 6.08 Å². The summed E-state index contributed by atoms with van der Waals surface area (Å²) in [6.07, 6.45) is 7.97. The van der Waals surface area contributed by atoms with Crippen LogP contribution >= 0.6 is 0 Å². The van der Waals surface area contributed by atoms with Crippen molar-refractivity contribution < 1.29 is 14.0 Å². The zero-order chi connectivity index (χ0) is 17.4. The highest BCUT2D eigenvalue weighted by Gasteiger charge is 2.11. The highest BCUT2D eigenvalue weighted by atomic mass is 19.1. The minimum atomic E-state index is -0.406. The molecule has 0 aliphatic carbocycles. The average molecular weight is 322 g/mol. The smallest absolute Gasteiger partial charge is 0.254 e. The number of carbonyl (C=O) groups excluding carboxylic acids is 2. The quantitative estimate of drug-likeness (QED) is 0.657. The van der Waals surface area contributed by atoms with Crippen LogP contribution in [0.4, 0.5) is 10.1 Å². The van der Waals surface area contributed by atoms with Crippen LogP contribution in [0, 0.1) is 18.2 Å². The second-order valence-corrected chi connectivity index (χ2v) is 4.81. The lowest BCUT2D eigenvalue weighted by atomic mass is 10.1. The zero-order valence-corrected chi connectivity index (χ0v) is 12.8. The maximum atomic E-state index is 12.8. The Bertz CT molecular complexity index is 805. The van der Waals surface area contributed by atoms with E-state index in [4.69, 9.17) is 6.42 Å². The van der Waals surface area contributed by atoms with Crippen molar-refractivity contribution in [2.75, 3.05) is 11.9 Å². The number of benzene rings is 2. The molecule has 0 heterocycles. The van der Waals surface area contributed by atoms with E-state index in [-0.39, 0.29) is 18.3 Å². The van der Waals surface area contributed by atoms with Crippen molar-refractivity contribution in [2.45, 2.75) is 0 Å². The van der Waals surface area contributed by atoms with Gasteiger partial charge in [-0.2, -0.15) is 0 Å². The summed E-state index contributed by atoms with van der Waals surface area (Å²) < 4.78 is 12.8. The monoisotopic (exact) mass is 322 g/mol. The van der Waals surface area contributed by atoms with Crippen molar-refractivity contribution in [1.82, 2.24) is 5.32 Å². The van der Waals surface area contributed by atoms with Gasteiger partial charge in [-0.15, -0.1) is 6.42 Å². The van der Waals surface area contributed by atoms with Crippen molar-refractivity contribution in [2.24, 2.45) is 0 Å². The van der Waals surface area contributed by atoms with E-state index >= 15 is 0 Å². The summed E-state index contributed by atoms with van der Waals surface area (Å²) in [5, 5.41) is 5.18. The fraction of sp³-hybridized carbons (Fsp3) is 0.0526. The summed E-state index contributed by atoms with van der Waals surface area (Å²) in [5.41, 5.74) is 1.38. The molecular weight excluding hydrogens is 307 g/mol. The summed E-state index contributed by atoms with van der Waals surface area (Å²) in [6, 6.07) is 12.3. The number of hydrogen-bond acceptors (Lipinski definition) is 2. The molecule has 24 heavy (non-hydrogen) atoms. The standard InChI is InChI=1S/C19H15FN2O2/c1-2-13-21-19(24)16-5-3-4-6-17(16)22-18(23)12-9-14-7-10-15(20)11-8-14/h1,3-12H,13H2,(H,21,24)(H,22,23)/b12-9+. The molecule has 2 aromatic rings. The molecule has 0 atom stereocenters. The van der Waals surface area contributed by atoms with Crippen LogP contribution < -0.4 is 10.6 Å². The largest absolute Gasteiger partial charge is 0.341 e. The maximum Gasteiger partial charge on any atom is 0.254 e. The van der Waals surface area contributed by atoms with Crippen LogP contribution in [0.5, 0.6) is 0 Å². The number of hydrogen-bond donors (Lipinski definition) is 2. The Kier molecular flexibility index (Phi) is 5.87. The van der Waals surface area contributed by atoms with Crippen molar-refractivity contribution >= 4 is 23.6 Å². The maximum absolute atomic E-state index is 12.8. The second kappa shape index (κ2) is 8.30. The molecule has 0 saturated heterocycles. The normalized spacial score (nSPS) is 10.2. The lowest BCUT2D eigenvalue weighted by molar-refractivity contribution is -0.111. The van der Waals surface area contributed by atoms with E-state index in [0.717, 1.165) is 0 Å². The highest BCUT2D eigenvalue weighted by molar-refractivity contribution is 6.07. The first kappa shape index (κ1) is 17.0. The van der Waals surface area contributed by atoms with Crippen molar-refractivity contribution in [1.29, 1.82) is 0 Å². The molecule has 0 aromatic heterocycles. The van der Waals surface area contributed by atoms with E-state index in [0.29, 0.717) is 16.8 Å². The summed E-state index contributed by atoms with van der Waals surface area (Å²) in [4.78, 5) is 24.0. The number of amides is 2. The molecule has 2 N–H and O–H groups in total. The summed E-state index contributed by atoms with van der Waals surface area (Å²) in [7, 11) is 0. The molecular formula is C19H15FN2O2. The van der Waals surface area contributed by atoms with Gasteiger partial charge in [-0.25, -0.2) is 4.39 Å². The van der Waals surface area contributed by atoms with E-state index in [1.165, 1.54) is 18.2 Å². The van der Waals surface area contributed by atoms with E-state index in [2.05, 4.69) is 16.6 Å². The van der Waals surface area contributed by atoms with Crippen molar-refractivity contribution in [3.63, 3.8) is 0 Å². The number of anilines is 1. The van der Waals surface area contributed by atoms with E-state index in [9.17, 15) is 14.0 Å². The highest BCUT2D eigenvalue weighted by Crippen LogP contribution is 2.15. The summed E-state index contributed by atoms with van der Waals surface area (Å²) in [6.45, 7) is 0.103. The molecule has 0 fully saturated rings. The van der Waals surface area contributed by atoms with Gasteiger partial charge >= 0.3 is 0 Å². The summed E-state index contributed by atoms with van der Waals surface area (Å²) >= 11 is 0. The molecule has 0 unspecified atom stereocenters. The molecule has 0 saturated carbocycles. The SMILES string of the molecule is C#CCNC(=O)c1ccccc1NC(=O)/C=C/c1ccc(F)cc1. The first-order valence-corrected chi connectivity index (χ1v) is 7.15. The Morgan fingerprint density at radius 3 is 2.54 bits per heavy atom. The first-order valence-electron chi connectivity index (χ1n) is 7.15. The van der Waals surface area contributed by atoms with Gasteiger partial charge in [-0.1, -0.05) is 30.2 Å². The molecule has 120 valence electrons. The lowest BCUT2D eigenvalue weighted by Crippen LogP contribution is -2.25. The number of halogens is 1. The third kappa shape index (κ3) is 4.82. The Morgan fingerprint density at radius 2 is 1.83 bits per heavy atom. The van der Waals surface area contributed by atoms with Crippen LogP contribution in [-0.4, -0.2) is 18.4 Å². The fourth-order valence-corrected chi connectivity index (χ4v) is 1.94. The Labute approximate surface area is 139 Å². The van der Waals surface area contributed by atoms with Gasteiger partial charge in [-0.05, 0) is 35.9 Å². The Balaban J connectivity index is 2.07. The number of para-hydroxylation sites is 1. The van der Waals surface area contributed by atoms with Gasteiger partial charge in [0.05, 0.1) is 17.8 Å². The second-order valence-electron chi connectivity index (χ2n) is 4.81. The third-order valence-electron chi connectivity index (χ3n) is 3.08. The molecule has 0 aliphatic rings. The van der Waals surface area contributed by atoms with E-state index < -0.39 is 5.91 Å². The number of terminal acetylenes is 1. The molecule has 0 spiro atoms. The van der Waals surface area contributed by atoms with Crippen LogP contribution in [0.1, 0.15) is 15.9 Å². The minimum absolute atomic E-state index is 0.103. The predicted octanol–water partition coefficient (Wildman–Crippen LogP) is 2.84. The van der Waals surface area contributed by atoms with Crippen LogP contribution in [0.15, 0.2) is 54.6 Å². The van der Waals surface area contributed by atoms with Crippen LogP contribution in [0.25, 0.3) is 6.08 Å². The van der Waals surface area contributed by atoms with E-state index in [1.54, 1.807) is 42.5 Å². The number of nitrogens with one attached hydrogen (secondary N) is 2. The topological polar surface area (TPSA) is 58.2 Å². The molecule has 5 heteroatoms. The zero-order valence-electron chi connectivity index (χ0n) is 12.8. The molecule has 2 amide bonds. The van der Waals surface area contributed by atoms with Gasteiger partial charge in [0.2, 0.25) is 5.91 Å². The molecule has 0 bridgehead atoms. The van der Waals surface area contributed by atoms with Gasteiger partial charge in [0.15, 0.2) is 0 Å². The van der Waals surface area contributed by atoms with Crippen LogP contribution in [-0.2, 0) is 4.79 Å². The molecule has 4 nitrogen and oxygen atoms in total. The van der Waals surface area contributed by atoms with Gasteiger partial charge < -0.3 is 10.6 Å². The van der Waals surface area contributed by atoms with Gasteiger partial charge in [-0.3, -0.25) is 9.59 Å². The number of rotatable bonds is 5. The van der Waals surface area contributed by atoms with Gasteiger partial charge in [0.25, 0.3) is 5.91 Å². The average Bonchev–Trinajstić information content (AvgIpc) is 2.59. The predicted molar refractivity (Wildman–Crippen MR) is 91.7 cm³/mol. The lowest BCUT2D eigenvalue weighted by Gasteiger charge is -2.09. The number of carbonyl (C=O) groups is 2. The third-order valence-corrected chi connectivity index (χ3v) is 3.08. The van der Waals surface area contributed by atoms with Crippen molar-refractivity contribution in [3.8, 4) is 12.3 Å². The van der Waals surface area contributed by atoms with E-state index in [1.807, 2.05) is 0 Å². The fourth-order valence-electron chi connectivity index (χ4n) is 1.94. The Hall–Kier alpha value is -3.39. The summed E-state index contributed by atoms with van der Waals surface area (Å²) in [5.74, 6) is 1.19. The minimum Gasteiger partial charge on any atom is -0.341 e. The first-order chi connectivity index (χ1) is 11.6. The molecule has 0 radical (unpaired) electrons. The molecule has 2 rings (SSSR count). The molecule has 0 aliphatic heterocycles. The molecule has 2 aromatic carbocycles. The van der Waals surface area contributed by atoms with Crippen LogP contribution in [0.3, 0.4) is 0 Å².